The maximum atomic E-state index is 12.2. The molecule has 2 N–H and O–H groups in total. The maximum absolute atomic E-state index is 12.2. The molecular weight excluding hydrogens is 270 g/mol. The van der Waals surface area contributed by atoms with Gasteiger partial charge in [0.1, 0.15) is 6.04 Å². The number of aliphatic carboxylic acids is 1. The molecule has 6 heteroatoms. The zero-order valence-corrected chi connectivity index (χ0v) is 11.3. The minimum absolute atomic E-state index is 0.109. The Morgan fingerprint density at radius 2 is 2.05 bits per heavy atom. The number of terminal acetylenes is 1. The van der Waals surface area contributed by atoms with Crippen molar-refractivity contribution >= 4 is 17.7 Å². The molecule has 1 aromatic rings. The van der Waals surface area contributed by atoms with Gasteiger partial charge in [-0.1, -0.05) is 18.2 Å². The molecule has 0 aliphatic carbocycles. The summed E-state index contributed by atoms with van der Waals surface area (Å²) in [6.07, 6.45) is 5.11. The van der Waals surface area contributed by atoms with Gasteiger partial charge in [0.15, 0.2) is 0 Å². The molecule has 1 atom stereocenters. The first kappa shape index (κ1) is 16.1. The van der Waals surface area contributed by atoms with Gasteiger partial charge in [-0.2, -0.15) is 5.26 Å². The molecule has 1 unspecified atom stereocenters. The fraction of sp³-hybridized carbons (Fsp3) is 0.267. The predicted octanol–water partition coefficient (Wildman–Crippen LogP) is 1.59. The van der Waals surface area contributed by atoms with E-state index in [-0.39, 0.29) is 19.4 Å². The molecule has 0 spiro atoms. The van der Waals surface area contributed by atoms with E-state index in [2.05, 4.69) is 11.2 Å². The standard InChI is InChI=1S/C15H15N3O3/c1-2-7-13(14(19)20)17-15(21)18(11-6-10-16)12-8-4-3-5-9-12/h1,3-5,8-9,13H,6-7,11H2,(H,17,21)(H,19,20). The smallest absolute Gasteiger partial charge is 0.327 e. The largest absolute Gasteiger partial charge is 0.480 e. The van der Waals surface area contributed by atoms with Gasteiger partial charge < -0.3 is 10.4 Å². The summed E-state index contributed by atoms with van der Waals surface area (Å²) in [5, 5.41) is 20.0. The molecule has 2 amide bonds. The van der Waals surface area contributed by atoms with Crippen LogP contribution in [-0.2, 0) is 4.79 Å². The summed E-state index contributed by atoms with van der Waals surface area (Å²) in [4.78, 5) is 24.5. The van der Waals surface area contributed by atoms with Crippen LogP contribution in [0.15, 0.2) is 30.3 Å². The second-order valence-electron chi connectivity index (χ2n) is 4.14. The average molecular weight is 285 g/mol. The van der Waals surface area contributed by atoms with Crippen LogP contribution in [0.4, 0.5) is 10.5 Å². The number of nitriles is 1. The molecular formula is C15H15N3O3. The number of nitrogens with zero attached hydrogens (tertiary/aromatic N) is 2. The van der Waals surface area contributed by atoms with E-state index in [1.165, 1.54) is 4.90 Å². The number of urea groups is 1. The van der Waals surface area contributed by atoms with Crippen molar-refractivity contribution in [1.82, 2.24) is 5.32 Å². The van der Waals surface area contributed by atoms with E-state index in [1.54, 1.807) is 30.3 Å². The van der Waals surface area contributed by atoms with E-state index in [9.17, 15) is 9.59 Å². The van der Waals surface area contributed by atoms with Crippen molar-refractivity contribution < 1.29 is 14.7 Å². The monoisotopic (exact) mass is 285 g/mol. The van der Waals surface area contributed by atoms with E-state index in [0.29, 0.717) is 5.69 Å². The van der Waals surface area contributed by atoms with E-state index >= 15 is 0 Å². The summed E-state index contributed by atoms with van der Waals surface area (Å²) in [6, 6.07) is 8.89. The minimum Gasteiger partial charge on any atom is -0.480 e. The fourth-order valence-electron chi connectivity index (χ4n) is 1.66. The summed E-state index contributed by atoms with van der Waals surface area (Å²) in [5.41, 5.74) is 0.579. The Balaban J connectivity index is 2.88. The third-order valence-corrected chi connectivity index (χ3v) is 2.68. The molecule has 1 rings (SSSR count). The van der Waals surface area contributed by atoms with Crippen molar-refractivity contribution in [2.45, 2.75) is 18.9 Å². The molecule has 1 aromatic carbocycles. The van der Waals surface area contributed by atoms with Gasteiger partial charge in [-0.05, 0) is 12.1 Å². The van der Waals surface area contributed by atoms with Gasteiger partial charge in [-0.25, -0.2) is 9.59 Å². The van der Waals surface area contributed by atoms with Crippen molar-refractivity contribution in [1.29, 1.82) is 5.26 Å². The molecule has 0 aliphatic heterocycles. The molecule has 108 valence electrons. The second-order valence-corrected chi connectivity index (χ2v) is 4.14. The van der Waals surface area contributed by atoms with E-state index in [1.807, 2.05) is 6.07 Å². The lowest BCUT2D eigenvalue weighted by Crippen LogP contribution is -2.48. The number of hydrogen-bond donors (Lipinski definition) is 2. The second kappa shape index (κ2) is 8.23. The quantitative estimate of drug-likeness (QED) is 0.776. The van der Waals surface area contributed by atoms with Crippen LogP contribution >= 0.6 is 0 Å². The van der Waals surface area contributed by atoms with E-state index in [0.717, 1.165) is 0 Å². The van der Waals surface area contributed by atoms with Crippen LogP contribution in [-0.4, -0.2) is 29.7 Å². The van der Waals surface area contributed by atoms with E-state index < -0.39 is 18.0 Å². The Labute approximate surface area is 123 Å². The number of anilines is 1. The van der Waals surface area contributed by atoms with Crippen molar-refractivity contribution in [3.8, 4) is 18.4 Å². The number of carboxylic acid groups (broad SMARTS) is 1. The molecule has 0 aromatic heterocycles. The van der Waals surface area contributed by atoms with Crippen molar-refractivity contribution in [2.24, 2.45) is 0 Å². The van der Waals surface area contributed by atoms with E-state index in [4.69, 9.17) is 16.8 Å². The zero-order valence-electron chi connectivity index (χ0n) is 11.3. The highest BCUT2D eigenvalue weighted by Crippen LogP contribution is 2.14. The number of benzene rings is 1. The lowest BCUT2D eigenvalue weighted by atomic mass is 10.2. The zero-order chi connectivity index (χ0) is 15.7. The molecule has 0 bridgehead atoms. The molecule has 0 heterocycles. The van der Waals surface area contributed by atoms with Crippen molar-refractivity contribution in [3.63, 3.8) is 0 Å². The highest BCUT2D eigenvalue weighted by molar-refractivity contribution is 5.94. The van der Waals surface area contributed by atoms with Crippen LogP contribution in [0.5, 0.6) is 0 Å². The summed E-state index contributed by atoms with van der Waals surface area (Å²) in [5.74, 6) is 1.01. The first-order valence-corrected chi connectivity index (χ1v) is 6.26. The van der Waals surface area contributed by atoms with Gasteiger partial charge in [0.25, 0.3) is 0 Å². The van der Waals surface area contributed by atoms with Gasteiger partial charge in [0, 0.05) is 18.7 Å². The van der Waals surface area contributed by atoms with Crippen molar-refractivity contribution in [3.05, 3.63) is 30.3 Å². The molecule has 21 heavy (non-hydrogen) atoms. The normalized spacial score (nSPS) is 10.8. The van der Waals surface area contributed by atoms with Crippen molar-refractivity contribution in [2.75, 3.05) is 11.4 Å². The topological polar surface area (TPSA) is 93.4 Å². The Hall–Kier alpha value is -2.99. The summed E-state index contributed by atoms with van der Waals surface area (Å²) in [6.45, 7) is 0.161. The summed E-state index contributed by atoms with van der Waals surface area (Å²) in [7, 11) is 0. The van der Waals surface area contributed by atoms with Gasteiger partial charge in [-0.15, -0.1) is 12.3 Å². The first-order chi connectivity index (χ1) is 10.1. The molecule has 0 saturated carbocycles. The molecule has 0 saturated heterocycles. The number of para-hydroxylation sites is 1. The van der Waals surface area contributed by atoms with Gasteiger partial charge in [0.05, 0.1) is 12.5 Å². The highest BCUT2D eigenvalue weighted by Gasteiger charge is 2.23. The van der Waals surface area contributed by atoms with Crippen LogP contribution in [0.1, 0.15) is 12.8 Å². The Kier molecular flexibility index (Phi) is 6.30. The van der Waals surface area contributed by atoms with Gasteiger partial charge >= 0.3 is 12.0 Å². The van der Waals surface area contributed by atoms with Gasteiger partial charge in [0.2, 0.25) is 0 Å². The number of nitrogens with one attached hydrogen (secondary N) is 1. The number of carbonyl (C=O) groups excluding carboxylic acids is 1. The maximum Gasteiger partial charge on any atom is 0.327 e. The molecule has 0 radical (unpaired) electrons. The van der Waals surface area contributed by atoms with Crippen LogP contribution < -0.4 is 10.2 Å². The Morgan fingerprint density at radius 1 is 1.38 bits per heavy atom. The molecule has 6 nitrogen and oxygen atoms in total. The molecule has 0 aliphatic rings. The number of hydrogen-bond acceptors (Lipinski definition) is 3. The SMILES string of the molecule is C#CCC(NC(=O)N(CCC#N)c1ccccc1)C(=O)O. The third-order valence-electron chi connectivity index (χ3n) is 2.68. The average Bonchev–Trinajstić information content (AvgIpc) is 2.48. The number of rotatable bonds is 6. The lowest BCUT2D eigenvalue weighted by molar-refractivity contribution is -0.139. The number of amides is 2. The predicted molar refractivity (Wildman–Crippen MR) is 77.4 cm³/mol. The van der Waals surface area contributed by atoms with Gasteiger partial charge in [-0.3, -0.25) is 4.90 Å². The first-order valence-electron chi connectivity index (χ1n) is 6.26. The Morgan fingerprint density at radius 3 is 2.57 bits per heavy atom. The van der Waals surface area contributed by atoms with Crippen LogP contribution in [0.3, 0.4) is 0 Å². The van der Waals surface area contributed by atoms with Crippen LogP contribution in [0, 0.1) is 23.7 Å². The molecule has 0 fully saturated rings. The third kappa shape index (κ3) is 4.88. The minimum atomic E-state index is -1.20. The highest BCUT2D eigenvalue weighted by atomic mass is 16.4. The summed E-state index contributed by atoms with van der Waals surface area (Å²) >= 11 is 0. The number of carbonyl (C=O) groups is 2. The Bertz CT molecular complexity index is 572. The lowest BCUT2D eigenvalue weighted by Gasteiger charge is -2.24. The summed E-state index contributed by atoms with van der Waals surface area (Å²) < 4.78 is 0. The van der Waals surface area contributed by atoms with Crippen LogP contribution in [0.2, 0.25) is 0 Å². The van der Waals surface area contributed by atoms with Crippen LogP contribution in [0.25, 0.3) is 0 Å². The fourth-order valence-corrected chi connectivity index (χ4v) is 1.66. The number of carboxylic acids is 1.